The molecule has 4 rings (SSSR count). The smallest absolute Gasteiger partial charge is 0.268 e. The molecule has 0 radical (unpaired) electrons. The van der Waals surface area contributed by atoms with Crippen LogP contribution in [-0.2, 0) is 12.2 Å². The molecule has 3 nitrogen and oxygen atoms in total. The number of fused-ring (bicyclic) bond motifs is 1. The van der Waals surface area contributed by atoms with Crippen LogP contribution in [0, 0.1) is 5.82 Å². The van der Waals surface area contributed by atoms with Crippen molar-refractivity contribution in [3.05, 3.63) is 82.0 Å². The van der Waals surface area contributed by atoms with Gasteiger partial charge in [0.05, 0.1) is 16.3 Å². The van der Waals surface area contributed by atoms with Gasteiger partial charge in [0, 0.05) is 17.9 Å². The lowest BCUT2D eigenvalue weighted by molar-refractivity contribution is 0.626. The van der Waals surface area contributed by atoms with E-state index in [2.05, 4.69) is 0 Å². The molecule has 1 aromatic heterocycles. The highest BCUT2D eigenvalue weighted by Gasteiger charge is 2.22. The van der Waals surface area contributed by atoms with Gasteiger partial charge in [-0.25, -0.2) is 9.37 Å². The van der Waals surface area contributed by atoms with Crippen molar-refractivity contribution in [2.24, 2.45) is 0 Å². The van der Waals surface area contributed by atoms with Gasteiger partial charge < -0.3 is 0 Å². The second-order valence-corrected chi connectivity index (χ2v) is 7.71. The number of para-hydroxylation sites is 1. The molecule has 25 heavy (non-hydrogen) atoms. The van der Waals surface area contributed by atoms with Crippen LogP contribution < -0.4 is 5.56 Å². The number of thioether (sulfide) groups is 2. The first-order valence-corrected chi connectivity index (χ1v) is 9.91. The summed E-state index contributed by atoms with van der Waals surface area (Å²) in [5, 5.41) is 0.654. The Morgan fingerprint density at radius 1 is 1.16 bits per heavy atom. The van der Waals surface area contributed by atoms with Crippen molar-refractivity contribution in [3.8, 4) is 5.69 Å². The normalized spacial score (nSPS) is 13.0. The van der Waals surface area contributed by atoms with Gasteiger partial charge in [-0.1, -0.05) is 42.1 Å². The van der Waals surface area contributed by atoms with Crippen LogP contribution in [0.15, 0.2) is 69.4 Å². The van der Waals surface area contributed by atoms with E-state index in [0.29, 0.717) is 10.9 Å². The molecule has 0 N–H and O–H groups in total. The van der Waals surface area contributed by atoms with Crippen molar-refractivity contribution in [1.82, 2.24) is 9.55 Å². The maximum Gasteiger partial charge on any atom is 0.272 e. The van der Waals surface area contributed by atoms with E-state index >= 15 is 0 Å². The van der Waals surface area contributed by atoms with Gasteiger partial charge in [0.15, 0.2) is 5.16 Å². The lowest BCUT2D eigenvalue weighted by atomic mass is 10.2. The topological polar surface area (TPSA) is 34.9 Å². The molecule has 0 amide bonds. The predicted molar refractivity (Wildman–Crippen MR) is 100 cm³/mol. The lowest BCUT2D eigenvalue weighted by Gasteiger charge is -2.13. The fraction of sp³-hybridized carbons (Fsp3) is 0.158. The molecule has 0 unspecified atom stereocenters. The number of rotatable bonds is 4. The second kappa shape index (κ2) is 7.06. The molecule has 6 heteroatoms. The molecule has 1 aliphatic heterocycles. The van der Waals surface area contributed by atoms with Crippen LogP contribution in [-0.4, -0.2) is 15.3 Å². The van der Waals surface area contributed by atoms with E-state index in [1.54, 1.807) is 22.4 Å². The summed E-state index contributed by atoms with van der Waals surface area (Å²) in [6, 6.07) is 16.1. The third kappa shape index (κ3) is 3.37. The average molecular weight is 370 g/mol. The number of benzene rings is 2. The minimum Gasteiger partial charge on any atom is -0.268 e. The number of hydrogen-bond acceptors (Lipinski definition) is 4. The number of hydrogen-bond donors (Lipinski definition) is 0. The first kappa shape index (κ1) is 16.4. The van der Waals surface area contributed by atoms with Gasteiger partial charge in [0.2, 0.25) is 0 Å². The van der Waals surface area contributed by atoms with Crippen LogP contribution in [0.2, 0.25) is 0 Å². The summed E-state index contributed by atoms with van der Waals surface area (Å²) in [6.45, 7) is 0. The Hall–Kier alpha value is -2.05. The summed E-state index contributed by atoms with van der Waals surface area (Å²) in [5.41, 5.74) is 2.54. The number of aromatic nitrogens is 2. The highest BCUT2D eigenvalue weighted by Crippen LogP contribution is 2.31. The Kier molecular flexibility index (Phi) is 4.63. The summed E-state index contributed by atoms with van der Waals surface area (Å²) in [7, 11) is 0. The second-order valence-electron chi connectivity index (χ2n) is 5.66. The van der Waals surface area contributed by atoms with Crippen molar-refractivity contribution < 1.29 is 4.39 Å². The van der Waals surface area contributed by atoms with Crippen molar-refractivity contribution >= 4 is 23.5 Å². The van der Waals surface area contributed by atoms with Crippen LogP contribution in [0.3, 0.4) is 0 Å². The van der Waals surface area contributed by atoms with E-state index in [1.807, 2.05) is 36.4 Å². The Morgan fingerprint density at radius 2 is 2.00 bits per heavy atom. The Labute approximate surface area is 153 Å². The third-order valence-corrected chi connectivity index (χ3v) is 6.05. The van der Waals surface area contributed by atoms with Gasteiger partial charge in [-0.2, -0.15) is 0 Å². The van der Waals surface area contributed by atoms with Gasteiger partial charge in [-0.15, -0.1) is 11.8 Å². The summed E-state index contributed by atoms with van der Waals surface area (Å²) in [5.74, 6) is 1.20. The van der Waals surface area contributed by atoms with Crippen LogP contribution in [0.1, 0.15) is 11.3 Å². The van der Waals surface area contributed by atoms with E-state index in [9.17, 15) is 9.18 Å². The highest BCUT2D eigenvalue weighted by molar-refractivity contribution is 7.99. The van der Waals surface area contributed by atoms with Crippen LogP contribution in [0.4, 0.5) is 4.39 Å². The SMILES string of the molecule is O=c1c2c(nc(SCc3cccc(F)c3)n1-c1ccccc1)CCS2. The van der Waals surface area contributed by atoms with Crippen molar-refractivity contribution in [2.75, 3.05) is 5.75 Å². The molecule has 0 spiro atoms. The van der Waals surface area contributed by atoms with E-state index in [1.165, 1.54) is 23.9 Å². The van der Waals surface area contributed by atoms with E-state index in [-0.39, 0.29) is 11.4 Å². The fourth-order valence-corrected chi connectivity index (χ4v) is 4.76. The number of aryl methyl sites for hydroxylation is 1. The van der Waals surface area contributed by atoms with Gasteiger partial charge in [0.25, 0.3) is 5.56 Å². The molecule has 0 bridgehead atoms. The Bertz CT molecular complexity index is 973. The minimum absolute atomic E-state index is 0.0135. The quantitative estimate of drug-likeness (QED) is 0.506. The average Bonchev–Trinajstić information content (AvgIpc) is 3.10. The van der Waals surface area contributed by atoms with Crippen molar-refractivity contribution in [1.29, 1.82) is 0 Å². The van der Waals surface area contributed by atoms with Gasteiger partial charge in [-0.3, -0.25) is 9.36 Å². The summed E-state index contributed by atoms with van der Waals surface area (Å²) in [4.78, 5) is 18.5. The molecule has 0 saturated carbocycles. The number of halogens is 1. The molecule has 3 aromatic rings. The molecule has 0 aliphatic carbocycles. The van der Waals surface area contributed by atoms with Crippen LogP contribution in [0.25, 0.3) is 5.69 Å². The van der Waals surface area contributed by atoms with Gasteiger partial charge in [0.1, 0.15) is 5.82 Å². The largest absolute Gasteiger partial charge is 0.272 e. The van der Waals surface area contributed by atoms with E-state index in [0.717, 1.165) is 34.0 Å². The number of nitrogens with zero attached hydrogens (tertiary/aromatic N) is 2. The van der Waals surface area contributed by atoms with Crippen molar-refractivity contribution in [3.63, 3.8) is 0 Å². The molecule has 0 fully saturated rings. The third-order valence-electron chi connectivity index (χ3n) is 3.94. The predicted octanol–water partition coefficient (Wildman–Crippen LogP) is 4.31. The lowest BCUT2D eigenvalue weighted by Crippen LogP contribution is -2.23. The zero-order chi connectivity index (χ0) is 17.2. The monoisotopic (exact) mass is 370 g/mol. The van der Waals surface area contributed by atoms with Crippen LogP contribution >= 0.6 is 23.5 Å². The fourth-order valence-electron chi connectivity index (χ4n) is 2.77. The molecule has 0 saturated heterocycles. The zero-order valence-electron chi connectivity index (χ0n) is 13.3. The first-order chi connectivity index (χ1) is 12.2. The Morgan fingerprint density at radius 3 is 2.80 bits per heavy atom. The van der Waals surface area contributed by atoms with E-state index in [4.69, 9.17) is 4.98 Å². The maximum absolute atomic E-state index is 13.4. The molecule has 0 atom stereocenters. The maximum atomic E-state index is 13.4. The van der Waals surface area contributed by atoms with Gasteiger partial charge >= 0.3 is 0 Å². The molecule has 2 heterocycles. The van der Waals surface area contributed by atoms with Crippen LogP contribution in [0.5, 0.6) is 0 Å². The standard InChI is InChI=1S/C19H15FN2OS2/c20-14-6-4-5-13(11-14)12-25-19-21-16-9-10-24-17(16)18(23)22(19)15-7-2-1-3-8-15/h1-8,11H,9-10,12H2. The molecular weight excluding hydrogens is 355 g/mol. The summed E-state index contributed by atoms with van der Waals surface area (Å²) >= 11 is 3.03. The first-order valence-electron chi connectivity index (χ1n) is 7.94. The zero-order valence-corrected chi connectivity index (χ0v) is 14.9. The molecular formula is C19H15FN2OS2. The van der Waals surface area contributed by atoms with Gasteiger partial charge in [-0.05, 0) is 29.8 Å². The van der Waals surface area contributed by atoms with E-state index < -0.39 is 0 Å². The highest BCUT2D eigenvalue weighted by atomic mass is 32.2. The molecule has 1 aliphatic rings. The van der Waals surface area contributed by atoms with Crippen molar-refractivity contribution in [2.45, 2.75) is 22.2 Å². The summed E-state index contributed by atoms with van der Waals surface area (Å²) < 4.78 is 15.1. The Balaban J connectivity index is 1.76. The molecule has 2 aromatic carbocycles. The minimum atomic E-state index is -0.253. The molecule has 126 valence electrons. The summed E-state index contributed by atoms with van der Waals surface area (Å²) in [6.07, 6.45) is 0.818.